The summed E-state index contributed by atoms with van der Waals surface area (Å²) in [4.78, 5) is 25.2. The summed E-state index contributed by atoms with van der Waals surface area (Å²) in [6.07, 6.45) is -0.463. The Balaban J connectivity index is 1.80. The maximum absolute atomic E-state index is 13.0. The molecule has 1 N–H and O–H groups in total. The van der Waals surface area contributed by atoms with Crippen LogP contribution in [0.1, 0.15) is 28.0 Å². The summed E-state index contributed by atoms with van der Waals surface area (Å²) in [7, 11) is 0. The fraction of sp³-hybridized carbons (Fsp3) is 0.250. The van der Waals surface area contributed by atoms with Crippen LogP contribution < -0.4 is 10.9 Å². The molecule has 0 atom stereocenters. The number of nitrogens with one attached hydrogen (secondary N) is 1. The molecule has 0 radical (unpaired) electrons. The SMILES string of the molecule is Cc1ccc(C(=O)NCCCn2cccn2)c(=O)n1-c1cccc(C(F)(F)F)c1. The van der Waals surface area contributed by atoms with Crippen molar-refractivity contribution in [1.29, 1.82) is 0 Å². The summed E-state index contributed by atoms with van der Waals surface area (Å²) in [5.74, 6) is -0.573. The number of aryl methyl sites for hydroxylation is 2. The molecule has 6 nitrogen and oxygen atoms in total. The van der Waals surface area contributed by atoms with Gasteiger partial charge in [0.05, 0.1) is 5.56 Å². The molecule has 0 unspecified atom stereocenters. The zero-order chi connectivity index (χ0) is 21.0. The Morgan fingerprint density at radius 3 is 2.66 bits per heavy atom. The van der Waals surface area contributed by atoms with Crippen molar-refractivity contribution in [2.45, 2.75) is 26.1 Å². The van der Waals surface area contributed by atoms with Crippen molar-refractivity contribution in [1.82, 2.24) is 19.7 Å². The van der Waals surface area contributed by atoms with Crippen molar-refractivity contribution in [2.75, 3.05) is 6.54 Å². The third-order valence-electron chi connectivity index (χ3n) is 4.36. The Bertz CT molecular complexity index is 1060. The van der Waals surface area contributed by atoms with Gasteiger partial charge in [-0.2, -0.15) is 18.3 Å². The van der Waals surface area contributed by atoms with E-state index in [-0.39, 0.29) is 11.3 Å². The highest BCUT2D eigenvalue weighted by Gasteiger charge is 2.30. The van der Waals surface area contributed by atoms with E-state index in [0.717, 1.165) is 16.7 Å². The minimum atomic E-state index is -4.53. The summed E-state index contributed by atoms with van der Waals surface area (Å²) in [5.41, 5.74) is -1.20. The van der Waals surface area contributed by atoms with Gasteiger partial charge >= 0.3 is 6.18 Å². The van der Waals surface area contributed by atoms with E-state index in [2.05, 4.69) is 10.4 Å². The minimum absolute atomic E-state index is 0.0515. The van der Waals surface area contributed by atoms with E-state index in [4.69, 9.17) is 0 Å². The Morgan fingerprint density at radius 2 is 1.97 bits per heavy atom. The van der Waals surface area contributed by atoms with Crippen molar-refractivity contribution in [2.24, 2.45) is 0 Å². The molecule has 29 heavy (non-hydrogen) atoms. The second-order valence-electron chi connectivity index (χ2n) is 6.46. The van der Waals surface area contributed by atoms with Crippen LogP contribution in [0.3, 0.4) is 0 Å². The summed E-state index contributed by atoms with van der Waals surface area (Å²) < 4.78 is 41.9. The van der Waals surface area contributed by atoms with Crippen LogP contribution in [-0.4, -0.2) is 26.8 Å². The van der Waals surface area contributed by atoms with E-state index < -0.39 is 23.2 Å². The smallest absolute Gasteiger partial charge is 0.352 e. The van der Waals surface area contributed by atoms with Crippen molar-refractivity contribution in [3.05, 3.63) is 82.0 Å². The van der Waals surface area contributed by atoms with Crippen LogP contribution in [0.5, 0.6) is 0 Å². The van der Waals surface area contributed by atoms with Crippen molar-refractivity contribution in [3.63, 3.8) is 0 Å². The quantitative estimate of drug-likeness (QED) is 0.642. The normalized spacial score (nSPS) is 11.4. The predicted molar refractivity (Wildman–Crippen MR) is 101 cm³/mol. The molecule has 0 fully saturated rings. The van der Waals surface area contributed by atoms with Gasteiger partial charge in [-0.05, 0) is 49.7 Å². The van der Waals surface area contributed by atoms with Crippen LogP contribution in [0.2, 0.25) is 0 Å². The van der Waals surface area contributed by atoms with Gasteiger partial charge in [-0.1, -0.05) is 6.07 Å². The number of nitrogens with zero attached hydrogens (tertiary/aromatic N) is 3. The number of amides is 1. The average Bonchev–Trinajstić information content (AvgIpc) is 3.18. The third-order valence-corrected chi connectivity index (χ3v) is 4.36. The highest BCUT2D eigenvalue weighted by atomic mass is 19.4. The average molecular weight is 404 g/mol. The highest BCUT2D eigenvalue weighted by molar-refractivity contribution is 5.93. The number of carbonyl (C=O) groups excluding carboxylic acids is 1. The van der Waals surface area contributed by atoms with E-state index in [1.165, 1.54) is 24.3 Å². The van der Waals surface area contributed by atoms with Crippen LogP contribution >= 0.6 is 0 Å². The molecular formula is C20H19F3N4O2. The topological polar surface area (TPSA) is 68.9 Å². The largest absolute Gasteiger partial charge is 0.416 e. The summed E-state index contributed by atoms with van der Waals surface area (Å²) >= 11 is 0. The molecular weight excluding hydrogens is 385 g/mol. The Hall–Kier alpha value is -3.36. The molecule has 0 bridgehead atoms. The zero-order valence-corrected chi connectivity index (χ0v) is 15.6. The Kier molecular flexibility index (Phi) is 5.86. The van der Waals surface area contributed by atoms with E-state index in [1.54, 1.807) is 30.1 Å². The Morgan fingerprint density at radius 1 is 1.17 bits per heavy atom. The van der Waals surface area contributed by atoms with Crippen molar-refractivity contribution in [3.8, 4) is 5.69 Å². The van der Waals surface area contributed by atoms with Crippen LogP contribution in [-0.2, 0) is 12.7 Å². The fourth-order valence-corrected chi connectivity index (χ4v) is 2.92. The van der Waals surface area contributed by atoms with Crippen molar-refractivity contribution >= 4 is 5.91 Å². The van der Waals surface area contributed by atoms with Crippen LogP contribution in [0.4, 0.5) is 13.2 Å². The van der Waals surface area contributed by atoms with E-state index >= 15 is 0 Å². The molecule has 0 saturated heterocycles. The first-order valence-corrected chi connectivity index (χ1v) is 8.93. The predicted octanol–water partition coefficient (Wildman–Crippen LogP) is 3.18. The number of halogens is 3. The number of pyridine rings is 1. The monoisotopic (exact) mass is 404 g/mol. The molecule has 0 aliphatic heterocycles. The number of hydrogen-bond donors (Lipinski definition) is 1. The number of aromatic nitrogens is 3. The van der Waals surface area contributed by atoms with Crippen LogP contribution in [0.25, 0.3) is 5.69 Å². The molecule has 1 amide bonds. The lowest BCUT2D eigenvalue weighted by molar-refractivity contribution is -0.137. The van der Waals surface area contributed by atoms with Gasteiger partial charge in [0.2, 0.25) is 0 Å². The van der Waals surface area contributed by atoms with E-state index in [9.17, 15) is 22.8 Å². The number of alkyl halides is 3. The summed E-state index contributed by atoms with van der Waals surface area (Å²) in [6, 6.07) is 9.15. The van der Waals surface area contributed by atoms with Gasteiger partial charge in [0, 0.05) is 36.9 Å². The molecule has 0 saturated carbocycles. The number of carbonyl (C=O) groups is 1. The number of rotatable bonds is 6. The lowest BCUT2D eigenvalue weighted by atomic mass is 10.1. The van der Waals surface area contributed by atoms with E-state index in [0.29, 0.717) is 25.2 Å². The standard InChI is InChI=1S/C20H19F3N4O2/c1-14-7-8-17(18(28)24-9-3-11-26-12-4-10-25-26)19(29)27(14)16-6-2-5-15(13-16)20(21,22)23/h2,4-8,10,12-13H,3,9,11H2,1H3,(H,24,28). The minimum Gasteiger partial charge on any atom is -0.352 e. The molecule has 0 aliphatic rings. The molecule has 2 aromatic heterocycles. The maximum atomic E-state index is 13.0. The molecule has 0 spiro atoms. The van der Waals surface area contributed by atoms with Gasteiger partial charge in [-0.15, -0.1) is 0 Å². The molecule has 0 aliphatic carbocycles. The molecule has 9 heteroatoms. The molecule has 2 heterocycles. The summed E-state index contributed by atoms with van der Waals surface area (Å²) in [5, 5.41) is 6.72. The van der Waals surface area contributed by atoms with Gasteiger partial charge in [0.25, 0.3) is 11.5 Å². The van der Waals surface area contributed by atoms with Gasteiger partial charge < -0.3 is 5.32 Å². The van der Waals surface area contributed by atoms with Gasteiger partial charge in [-0.3, -0.25) is 18.8 Å². The Labute approximate surface area is 164 Å². The highest BCUT2D eigenvalue weighted by Crippen LogP contribution is 2.30. The van der Waals surface area contributed by atoms with Crippen molar-refractivity contribution < 1.29 is 18.0 Å². The lowest BCUT2D eigenvalue weighted by Gasteiger charge is -2.14. The molecule has 3 rings (SSSR count). The fourth-order valence-electron chi connectivity index (χ4n) is 2.92. The first-order valence-electron chi connectivity index (χ1n) is 8.93. The van der Waals surface area contributed by atoms with E-state index in [1.807, 2.05) is 0 Å². The van der Waals surface area contributed by atoms with Gasteiger partial charge in [0.1, 0.15) is 5.56 Å². The summed E-state index contributed by atoms with van der Waals surface area (Å²) in [6.45, 7) is 2.53. The second kappa shape index (κ2) is 8.34. The molecule has 152 valence electrons. The maximum Gasteiger partial charge on any atom is 0.416 e. The number of benzene rings is 1. The lowest BCUT2D eigenvalue weighted by Crippen LogP contribution is -2.34. The molecule has 3 aromatic rings. The zero-order valence-electron chi connectivity index (χ0n) is 15.6. The second-order valence-corrected chi connectivity index (χ2v) is 6.46. The first kappa shape index (κ1) is 20.4. The molecule has 1 aromatic carbocycles. The van der Waals surface area contributed by atoms with Crippen LogP contribution in [0, 0.1) is 6.92 Å². The number of hydrogen-bond acceptors (Lipinski definition) is 3. The third kappa shape index (κ3) is 4.74. The van der Waals surface area contributed by atoms with Gasteiger partial charge in [0.15, 0.2) is 0 Å². The van der Waals surface area contributed by atoms with Gasteiger partial charge in [-0.25, -0.2) is 0 Å². The van der Waals surface area contributed by atoms with Crippen LogP contribution in [0.15, 0.2) is 59.7 Å². The first-order chi connectivity index (χ1) is 13.8.